The first-order valence-corrected chi connectivity index (χ1v) is 9.14. The van der Waals surface area contributed by atoms with E-state index >= 15 is 0 Å². The Balaban J connectivity index is 1.58. The highest BCUT2D eigenvalue weighted by atomic mass is 32.1. The van der Waals surface area contributed by atoms with Gasteiger partial charge in [-0.3, -0.25) is 14.4 Å². The van der Waals surface area contributed by atoms with Gasteiger partial charge in [0.05, 0.1) is 10.4 Å². The van der Waals surface area contributed by atoms with Gasteiger partial charge in [0.25, 0.3) is 0 Å². The van der Waals surface area contributed by atoms with Crippen LogP contribution in [-0.4, -0.2) is 40.6 Å². The number of thiophene rings is 1. The van der Waals surface area contributed by atoms with E-state index in [9.17, 15) is 14.4 Å². The van der Waals surface area contributed by atoms with Gasteiger partial charge in [0.15, 0.2) is 0 Å². The van der Waals surface area contributed by atoms with Gasteiger partial charge in [0.2, 0.25) is 17.6 Å². The number of likely N-dealkylation sites (tertiary alicyclic amines) is 1. The fraction of sp³-hybridized carbons (Fsp3) is 0.333. The van der Waals surface area contributed by atoms with Gasteiger partial charge in [-0.15, -0.1) is 11.3 Å². The van der Waals surface area contributed by atoms with Crippen LogP contribution in [0.25, 0.3) is 0 Å². The first-order chi connectivity index (χ1) is 12.1. The van der Waals surface area contributed by atoms with E-state index < -0.39 is 0 Å². The summed E-state index contributed by atoms with van der Waals surface area (Å²) in [6.45, 7) is 1.37. The molecule has 0 atom stereocenters. The molecule has 1 saturated heterocycles. The number of hydrogen-bond acceptors (Lipinski definition) is 5. The minimum absolute atomic E-state index is 0.152. The lowest BCUT2D eigenvalue weighted by Crippen LogP contribution is -2.26. The third kappa shape index (κ3) is 4.30. The third-order valence-corrected chi connectivity index (χ3v) is 4.93. The number of pyridine rings is 1. The number of aromatic nitrogens is 1. The summed E-state index contributed by atoms with van der Waals surface area (Å²) in [4.78, 5) is 42.8. The maximum Gasteiger partial charge on any atom is 0.225 e. The summed E-state index contributed by atoms with van der Waals surface area (Å²) in [6, 6.07) is 6.90. The topological polar surface area (TPSA) is 79.4 Å². The number of nitrogens with one attached hydrogen (secondary N) is 1. The van der Waals surface area contributed by atoms with Crippen molar-refractivity contribution in [3.05, 3.63) is 46.3 Å². The van der Waals surface area contributed by atoms with Crippen LogP contribution in [0.2, 0.25) is 0 Å². The van der Waals surface area contributed by atoms with Gasteiger partial charge >= 0.3 is 0 Å². The molecular formula is C18H19N3O3S. The van der Waals surface area contributed by atoms with Crippen molar-refractivity contribution in [2.45, 2.75) is 25.7 Å². The van der Waals surface area contributed by atoms with Crippen molar-refractivity contribution >= 4 is 34.8 Å². The van der Waals surface area contributed by atoms with Gasteiger partial charge in [0.1, 0.15) is 5.82 Å². The SMILES string of the molecule is O=C(CCCN1CCCC1=O)Nc1ncccc1C(=O)c1cccs1. The lowest BCUT2D eigenvalue weighted by Gasteiger charge is -2.15. The summed E-state index contributed by atoms with van der Waals surface area (Å²) in [7, 11) is 0. The van der Waals surface area contributed by atoms with Gasteiger partial charge in [-0.2, -0.15) is 0 Å². The number of amides is 2. The Bertz CT molecular complexity index is 774. The molecule has 1 aliphatic heterocycles. The van der Waals surface area contributed by atoms with E-state index in [2.05, 4.69) is 10.3 Å². The van der Waals surface area contributed by atoms with Gasteiger partial charge in [0, 0.05) is 32.1 Å². The van der Waals surface area contributed by atoms with Crippen LogP contribution in [0.5, 0.6) is 0 Å². The maximum atomic E-state index is 12.5. The second-order valence-corrected chi connectivity index (χ2v) is 6.79. The average molecular weight is 357 g/mol. The van der Waals surface area contributed by atoms with Crippen LogP contribution in [0.4, 0.5) is 5.82 Å². The normalized spacial score (nSPS) is 13.9. The fourth-order valence-corrected chi connectivity index (χ4v) is 3.47. The number of anilines is 1. The van der Waals surface area contributed by atoms with E-state index in [0.717, 1.165) is 13.0 Å². The molecule has 3 rings (SSSR count). The zero-order valence-corrected chi connectivity index (χ0v) is 14.6. The second kappa shape index (κ2) is 8.02. The van der Waals surface area contributed by atoms with Crippen LogP contribution in [0.3, 0.4) is 0 Å². The molecular weight excluding hydrogens is 338 g/mol. The summed E-state index contributed by atoms with van der Waals surface area (Å²) in [6.07, 6.45) is 3.93. The molecule has 7 heteroatoms. The van der Waals surface area contributed by atoms with Crippen LogP contribution in [0.1, 0.15) is 40.9 Å². The van der Waals surface area contributed by atoms with Gasteiger partial charge in [-0.05, 0) is 36.4 Å². The van der Waals surface area contributed by atoms with Crippen LogP contribution in [-0.2, 0) is 9.59 Å². The quantitative estimate of drug-likeness (QED) is 0.773. The number of nitrogens with zero attached hydrogens (tertiary/aromatic N) is 2. The maximum absolute atomic E-state index is 12.5. The zero-order chi connectivity index (χ0) is 17.6. The minimum atomic E-state index is -0.203. The lowest BCUT2D eigenvalue weighted by molar-refractivity contribution is -0.128. The molecule has 1 fully saturated rings. The molecule has 0 aromatic carbocycles. The molecule has 0 unspecified atom stereocenters. The van der Waals surface area contributed by atoms with E-state index in [4.69, 9.17) is 0 Å². The summed E-state index contributed by atoms with van der Waals surface area (Å²) in [5, 5.41) is 4.56. The largest absolute Gasteiger partial charge is 0.343 e. The fourth-order valence-electron chi connectivity index (χ4n) is 2.79. The molecule has 0 aliphatic carbocycles. The zero-order valence-electron chi connectivity index (χ0n) is 13.7. The predicted octanol–water partition coefficient (Wildman–Crippen LogP) is 2.72. The van der Waals surface area contributed by atoms with Crippen LogP contribution >= 0.6 is 11.3 Å². The monoisotopic (exact) mass is 357 g/mol. The highest BCUT2D eigenvalue weighted by Crippen LogP contribution is 2.20. The molecule has 0 radical (unpaired) electrons. The third-order valence-electron chi connectivity index (χ3n) is 4.06. The second-order valence-electron chi connectivity index (χ2n) is 5.84. The number of ketones is 1. The molecule has 2 aromatic heterocycles. The Morgan fingerprint density at radius 2 is 2.16 bits per heavy atom. The first kappa shape index (κ1) is 17.3. The molecule has 3 heterocycles. The highest BCUT2D eigenvalue weighted by molar-refractivity contribution is 7.12. The standard InChI is InChI=1S/C18H19N3O3S/c22-15(7-2-10-21-11-3-8-16(21)23)20-18-13(5-1-9-19-18)17(24)14-6-4-12-25-14/h1,4-6,9,12H,2-3,7-8,10-11H2,(H,19,20,22). The van der Waals surface area contributed by atoms with Crippen molar-refractivity contribution in [2.24, 2.45) is 0 Å². The summed E-state index contributed by atoms with van der Waals surface area (Å²) >= 11 is 1.35. The van der Waals surface area contributed by atoms with Crippen molar-refractivity contribution in [2.75, 3.05) is 18.4 Å². The lowest BCUT2D eigenvalue weighted by atomic mass is 10.1. The number of rotatable bonds is 7. The molecule has 2 aromatic rings. The summed E-state index contributed by atoms with van der Waals surface area (Å²) in [5.41, 5.74) is 0.382. The van der Waals surface area contributed by atoms with Gasteiger partial charge < -0.3 is 10.2 Å². The highest BCUT2D eigenvalue weighted by Gasteiger charge is 2.20. The van der Waals surface area contributed by atoms with Crippen molar-refractivity contribution in [1.29, 1.82) is 0 Å². The Morgan fingerprint density at radius 3 is 2.88 bits per heavy atom. The molecule has 130 valence electrons. The van der Waals surface area contributed by atoms with E-state index in [-0.39, 0.29) is 29.8 Å². The average Bonchev–Trinajstić information content (AvgIpc) is 3.27. The molecule has 0 saturated carbocycles. The number of carbonyl (C=O) groups excluding carboxylic acids is 3. The molecule has 2 amide bonds. The Labute approximate surface area is 149 Å². The molecule has 1 N–H and O–H groups in total. The van der Waals surface area contributed by atoms with Crippen molar-refractivity contribution in [1.82, 2.24) is 9.88 Å². The van der Waals surface area contributed by atoms with Crippen LogP contribution < -0.4 is 5.32 Å². The predicted molar refractivity (Wildman–Crippen MR) is 95.7 cm³/mol. The Morgan fingerprint density at radius 1 is 1.28 bits per heavy atom. The summed E-state index contributed by atoms with van der Waals surface area (Å²) < 4.78 is 0. The minimum Gasteiger partial charge on any atom is -0.343 e. The van der Waals surface area contributed by atoms with E-state index in [1.54, 1.807) is 29.3 Å². The van der Waals surface area contributed by atoms with Crippen LogP contribution in [0, 0.1) is 0 Å². The van der Waals surface area contributed by atoms with Crippen molar-refractivity contribution < 1.29 is 14.4 Å². The van der Waals surface area contributed by atoms with E-state index in [1.807, 2.05) is 11.4 Å². The smallest absolute Gasteiger partial charge is 0.225 e. The number of hydrogen-bond donors (Lipinski definition) is 1. The Kier molecular flexibility index (Phi) is 5.55. The Hall–Kier alpha value is -2.54. The molecule has 0 bridgehead atoms. The van der Waals surface area contributed by atoms with E-state index in [1.165, 1.54) is 11.3 Å². The molecule has 1 aliphatic rings. The van der Waals surface area contributed by atoms with Crippen LogP contribution in [0.15, 0.2) is 35.8 Å². The molecule has 0 spiro atoms. The van der Waals surface area contributed by atoms with E-state index in [0.29, 0.717) is 29.8 Å². The van der Waals surface area contributed by atoms with Crippen molar-refractivity contribution in [3.63, 3.8) is 0 Å². The van der Waals surface area contributed by atoms with Gasteiger partial charge in [-0.25, -0.2) is 4.98 Å². The van der Waals surface area contributed by atoms with Gasteiger partial charge in [-0.1, -0.05) is 6.07 Å². The number of carbonyl (C=O) groups is 3. The molecule has 25 heavy (non-hydrogen) atoms. The molecule has 6 nitrogen and oxygen atoms in total. The van der Waals surface area contributed by atoms with Crippen molar-refractivity contribution in [3.8, 4) is 0 Å². The summed E-state index contributed by atoms with van der Waals surface area (Å²) in [5.74, 6) is 0.0868. The first-order valence-electron chi connectivity index (χ1n) is 8.26.